The van der Waals surface area contributed by atoms with Crippen molar-refractivity contribution in [2.45, 2.75) is 82.1 Å². The maximum Gasteiger partial charge on any atom is 0.251 e. The fourth-order valence-electron chi connectivity index (χ4n) is 6.01. The molecule has 0 unspecified atom stereocenters. The van der Waals surface area contributed by atoms with Gasteiger partial charge in [-0.05, 0) is 74.8 Å². The molecule has 1 aliphatic carbocycles. The molecule has 196 valence electrons. The highest BCUT2D eigenvalue weighted by atomic mass is 32.2. The second-order valence-corrected chi connectivity index (χ2v) is 11.9. The van der Waals surface area contributed by atoms with E-state index >= 15 is 0 Å². The van der Waals surface area contributed by atoms with E-state index in [2.05, 4.69) is 22.3 Å². The number of benzene rings is 2. The molecule has 1 amide bonds. The van der Waals surface area contributed by atoms with E-state index in [0.717, 1.165) is 29.0 Å². The summed E-state index contributed by atoms with van der Waals surface area (Å²) >= 11 is 1.65. The van der Waals surface area contributed by atoms with E-state index in [-0.39, 0.29) is 11.9 Å². The molecule has 0 spiro atoms. The van der Waals surface area contributed by atoms with Crippen molar-refractivity contribution >= 4 is 17.7 Å². The Bertz CT molecular complexity index is 999. The minimum absolute atomic E-state index is 0.0520. The number of nitrogens with one attached hydrogen (secondary N) is 1. The van der Waals surface area contributed by atoms with E-state index in [0.29, 0.717) is 29.7 Å². The van der Waals surface area contributed by atoms with E-state index in [1.165, 1.54) is 25.7 Å². The molecular formula is C30H42N2O3S. The Morgan fingerprint density at radius 3 is 2.50 bits per heavy atom. The standard InChI is InChI=1S/C30H42N2O3S/c1-20-10-9-15-26(21(20)2)30(35)31-27(19-36-25-13-5-4-6-14-25)29(34)18-32-17-24-12-8-7-11-23(24)16-28(32)22(3)33/h4-6,9-10,13-15,22-24,27-29,33-34H,7-8,11-12,16-19H2,1-3H3,(H,31,35)/t22-,23-,24+,27-,28-,29+/m0/s1. The maximum atomic E-state index is 13.3. The van der Waals surface area contributed by atoms with Gasteiger partial charge in [-0.2, -0.15) is 0 Å². The summed E-state index contributed by atoms with van der Waals surface area (Å²) in [7, 11) is 0. The van der Waals surface area contributed by atoms with Crippen molar-refractivity contribution in [3.05, 3.63) is 65.2 Å². The highest BCUT2D eigenvalue weighted by Gasteiger charge is 2.40. The predicted octanol–water partition coefficient (Wildman–Crippen LogP) is 4.82. The molecule has 0 bridgehead atoms. The van der Waals surface area contributed by atoms with Gasteiger partial charge in [-0.15, -0.1) is 11.8 Å². The lowest BCUT2D eigenvalue weighted by molar-refractivity contribution is -0.0418. The zero-order chi connectivity index (χ0) is 25.7. The third-order valence-electron chi connectivity index (χ3n) is 8.33. The first-order chi connectivity index (χ1) is 17.3. The lowest BCUT2D eigenvalue weighted by Crippen LogP contribution is -2.57. The number of piperidine rings is 1. The van der Waals surface area contributed by atoms with Crippen LogP contribution in [0.2, 0.25) is 0 Å². The fraction of sp³-hybridized carbons (Fsp3) is 0.567. The normalized spacial score (nSPS) is 25.0. The second-order valence-electron chi connectivity index (χ2n) is 10.8. The number of likely N-dealkylation sites (tertiary alicyclic amines) is 1. The number of rotatable bonds is 9. The van der Waals surface area contributed by atoms with Crippen molar-refractivity contribution in [1.82, 2.24) is 10.2 Å². The number of nitrogens with zero attached hydrogens (tertiary/aromatic N) is 1. The van der Waals surface area contributed by atoms with Crippen LogP contribution < -0.4 is 5.32 Å². The maximum absolute atomic E-state index is 13.3. The van der Waals surface area contributed by atoms with Crippen molar-refractivity contribution in [1.29, 1.82) is 0 Å². The molecule has 36 heavy (non-hydrogen) atoms. The zero-order valence-electron chi connectivity index (χ0n) is 21.9. The number of amides is 1. The van der Waals surface area contributed by atoms with Gasteiger partial charge in [0.1, 0.15) is 0 Å². The number of fused-ring (bicyclic) bond motifs is 1. The molecule has 4 rings (SSSR count). The van der Waals surface area contributed by atoms with Crippen LogP contribution in [-0.2, 0) is 0 Å². The minimum atomic E-state index is -0.739. The number of aryl methyl sites for hydroxylation is 1. The van der Waals surface area contributed by atoms with Crippen LogP contribution in [0.3, 0.4) is 0 Å². The van der Waals surface area contributed by atoms with Crippen LogP contribution >= 0.6 is 11.8 Å². The quantitative estimate of drug-likeness (QED) is 0.422. The van der Waals surface area contributed by atoms with Gasteiger partial charge in [-0.25, -0.2) is 0 Å². The number of hydrogen-bond donors (Lipinski definition) is 3. The summed E-state index contributed by atoms with van der Waals surface area (Å²) in [4.78, 5) is 16.7. The molecule has 6 atom stereocenters. The Morgan fingerprint density at radius 2 is 1.78 bits per heavy atom. The molecule has 2 fully saturated rings. The Morgan fingerprint density at radius 1 is 1.06 bits per heavy atom. The Kier molecular flexibility index (Phi) is 9.51. The molecule has 1 aliphatic heterocycles. The van der Waals surface area contributed by atoms with Crippen LogP contribution in [0.4, 0.5) is 0 Å². The zero-order valence-corrected chi connectivity index (χ0v) is 22.7. The second kappa shape index (κ2) is 12.6. The average Bonchev–Trinajstić information content (AvgIpc) is 2.88. The van der Waals surface area contributed by atoms with Crippen molar-refractivity contribution < 1.29 is 15.0 Å². The van der Waals surface area contributed by atoms with Crippen LogP contribution in [0.1, 0.15) is 60.5 Å². The van der Waals surface area contributed by atoms with Crippen molar-refractivity contribution in [3.8, 4) is 0 Å². The van der Waals surface area contributed by atoms with E-state index in [1.54, 1.807) is 11.8 Å². The molecule has 0 radical (unpaired) electrons. The van der Waals surface area contributed by atoms with E-state index in [1.807, 2.05) is 57.2 Å². The van der Waals surface area contributed by atoms with Crippen molar-refractivity contribution in [2.24, 2.45) is 11.8 Å². The lowest BCUT2D eigenvalue weighted by Gasteiger charge is -2.48. The molecule has 1 saturated carbocycles. The number of aliphatic hydroxyl groups is 2. The molecule has 1 heterocycles. The molecule has 1 saturated heterocycles. The Balaban J connectivity index is 1.50. The highest BCUT2D eigenvalue weighted by Crippen LogP contribution is 2.39. The van der Waals surface area contributed by atoms with Crippen LogP contribution in [0.25, 0.3) is 0 Å². The number of β-amino-alcohol motifs (C(OH)–C–C–N with tert-alkyl or cyclic N) is 1. The van der Waals surface area contributed by atoms with Gasteiger partial charge >= 0.3 is 0 Å². The summed E-state index contributed by atoms with van der Waals surface area (Å²) in [5.74, 6) is 1.75. The van der Waals surface area contributed by atoms with Crippen LogP contribution in [-0.4, -0.2) is 64.2 Å². The highest BCUT2D eigenvalue weighted by molar-refractivity contribution is 7.99. The smallest absolute Gasteiger partial charge is 0.251 e. The predicted molar refractivity (Wildman–Crippen MR) is 147 cm³/mol. The summed E-state index contributed by atoms with van der Waals surface area (Å²) < 4.78 is 0. The molecule has 3 N–H and O–H groups in total. The first kappa shape index (κ1) is 27.2. The average molecular weight is 511 g/mol. The van der Waals surface area contributed by atoms with E-state index in [4.69, 9.17) is 0 Å². The van der Waals surface area contributed by atoms with E-state index in [9.17, 15) is 15.0 Å². The van der Waals surface area contributed by atoms with Crippen molar-refractivity contribution in [2.75, 3.05) is 18.8 Å². The van der Waals surface area contributed by atoms with Gasteiger partial charge in [0.25, 0.3) is 5.91 Å². The molecule has 6 heteroatoms. The van der Waals surface area contributed by atoms with Gasteiger partial charge in [0, 0.05) is 35.3 Å². The Hall–Kier alpha value is -1.86. The largest absolute Gasteiger partial charge is 0.392 e. The van der Waals surface area contributed by atoms with Gasteiger partial charge < -0.3 is 15.5 Å². The number of carbonyl (C=O) groups is 1. The molecule has 2 aromatic carbocycles. The van der Waals surface area contributed by atoms with Gasteiger partial charge in [-0.1, -0.05) is 49.6 Å². The molecule has 0 aromatic heterocycles. The third-order valence-corrected chi connectivity index (χ3v) is 9.46. The number of aliphatic hydroxyl groups excluding tert-OH is 2. The van der Waals surface area contributed by atoms with Gasteiger partial charge in [0.2, 0.25) is 0 Å². The van der Waals surface area contributed by atoms with Crippen LogP contribution in [0.5, 0.6) is 0 Å². The fourth-order valence-corrected chi connectivity index (χ4v) is 7.03. The summed E-state index contributed by atoms with van der Waals surface area (Å²) in [5.41, 5.74) is 2.70. The first-order valence-corrected chi connectivity index (χ1v) is 14.5. The first-order valence-electron chi connectivity index (χ1n) is 13.5. The lowest BCUT2D eigenvalue weighted by atomic mass is 9.72. The third kappa shape index (κ3) is 6.71. The monoisotopic (exact) mass is 510 g/mol. The topological polar surface area (TPSA) is 72.8 Å². The summed E-state index contributed by atoms with van der Waals surface area (Å²) in [6.07, 6.45) is 4.87. The Labute approximate surface area is 220 Å². The minimum Gasteiger partial charge on any atom is -0.392 e. The molecule has 5 nitrogen and oxygen atoms in total. The summed E-state index contributed by atoms with van der Waals surface area (Å²) in [5, 5.41) is 25.3. The molecule has 2 aliphatic rings. The summed E-state index contributed by atoms with van der Waals surface area (Å²) in [6, 6.07) is 15.5. The SMILES string of the molecule is Cc1cccc(C(=O)N[C@@H](CSc2ccccc2)[C@H](O)CN2C[C@H]3CCCC[C@H]3C[C@H]2[C@H](C)O)c1C. The number of hydrogen-bond acceptors (Lipinski definition) is 5. The molecule has 2 aromatic rings. The van der Waals surface area contributed by atoms with Gasteiger partial charge in [0.15, 0.2) is 0 Å². The van der Waals surface area contributed by atoms with Crippen LogP contribution in [0.15, 0.2) is 53.4 Å². The number of carbonyl (C=O) groups excluding carboxylic acids is 1. The van der Waals surface area contributed by atoms with Crippen LogP contribution in [0, 0.1) is 25.7 Å². The summed E-state index contributed by atoms with van der Waals surface area (Å²) in [6.45, 7) is 7.22. The van der Waals surface area contributed by atoms with Crippen molar-refractivity contribution in [3.63, 3.8) is 0 Å². The van der Waals surface area contributed by atoms with E-state index < -0.39 is 18.2 Å². The number of thioether (sulfide) groups is 1. The van der Waals surface area contributed by atoms with Gasteiger partial charge in [0.05, 0.1) is 18.2 Å². The molecular weight excluding hydrogens is 468 g/mol. The van der Waals surface area contributed by atoms with Gasteiger partial charge in [-0.3, -0.25) is 9.69 Å².